The summed E-state index contributed by atoms with van der Waals surface area (Å²) in [4.78, 5) is 16.3. The van der Waals surface area contributed by atoms with E-state index in [-0.39, 0.29) is 6.03 Å². The van der Waals surface area contributed by atoms with Crippen LogP contribution in [0.15, 0.2) is 48.5 Å². The van der Waals surface area contributed by atoms with Gasteiger partial charge in [0.05, 0.1) is 19.5 Å². The lowest BCUT2D eigenvalue weighted by Crippen LogP contribution is -2.36. The van der Waals surface area contributed by atoms with Gasteiger partial charge in [0.2, 0.25) is 10.0 Å². The summed E-state index contributed by atoms with van der Waals surface area (Å²) in [5.41, 5.74) is 3.49. The van der Waals surface area contributed by atoms with Crippen LogP contribution in [0.2, 0.25) is 0 Å². The molecule has 2 aromatic rings. The van der Waals surface area contributed by atoms with Gasteiger partial charge in [-0.1, -0.05) is 24.3 Å². The van der Waals surface area contributed by atoms with Crippen molar-refractivity contribution in [3.8, 4) is 0 Å². The van der Waals surface area contributed by atoms with Crippen LogP contribution in [0.5, 0.6) is 0 Å². The van der Waals surface area contributed by atoms with Crippen molar-refractivity contribution in [1.82, 2.24) is 10.2 Å². The van der Waals surface area contributed by atoms with Crippen LogP contribution in [0, 0.1) is 0 Å². The number of hydrogen-bond donors (Lipinski definition) is 2. The normalized spacial score (nSPS) is 14.3. The SMILES string of the molecule is CN(Cc1ccc(N2CCOCC2)cc1)C(=O)NCc1cccc(NS(C)(=O)=O)c1. The zero-order valence-electron chi connectivity index (χ0n) is 17.3. The Morgan fingerprint density at radius 1 is 1.10 bits per heavy atom. The molecule has 162 valence electrons. The molecule has 2 aromatic carbocycles. The van der Waals surface area contributed by atoms with Crippen LogP contribution >= 0.6 is 0 Å². The Morgan fingerprint density at radius 2 is 1.80 bits per heavy atom. The lowest BCUT2D eigenvalue weighted by molar-refractivity contribution is 0.122. The first-order valence-electron chi connectivity index (χ1n) is 9.77. The molecule has 0 saturated carbocycles. The summed E-state index contributed by atoms with van der Waals surface area (Å²) in [5, 5.41) is 2.86. The van der Waals surface area contributed by atoms with Crippen molar-refractivity contribution in [3.05, 3.63) is 59.7 Å². The van der Waals surface area contributed by atoms with E-state index in [1.165, 1.54) is 0 Å². The van der Waals surface area contributed by atoms with Crippen molar-refractivity contribution >= 4 is 27.4 Å². The smallest absolute Gasteiger partial charge is 0.317 e. The molecule has 8 nitrogen and oxygen atoms in total. The molecule has 1 aliphatic heterocycles. The summed E-state index contributed by atoms with van der Waals surface area (Å²) in [6, 6.07) is 15.0. The summed E-state index contributed by atoms with van der Waals surface area (Å²) < 4.78 is 30.5. The molecule has 1 aliphatic rings. The molecule has 0 aliphatic carbocycles. The van der Waals surface area contributed by atoms with Gasteiger partial charge in [-0.3, -0.25) is 4.72 Å². The maximum atomic E-state index is 12.4. The lowest BCUT2D eigenvalue weighted by atomic mass is 10.2. The molecule has 0 spiro atoms. The molecule has 0 aromatic heterocycles. The number of urea groups is 1. The van der Waals surface area contributed by atoms with Crippen molar-refractivity contribution in [2.45, 2.75) is 13.1 Å². The highest BCUT2D eigenvalue weighted by Gasteiger charge is 2.12. The summed E-state index contributed by atoms with van der Waals surface area (Å²) in [6.07, 6.45) is 1.10. The highest BCUT2D eigenvalue weighted by Crippen LogP contribution is 2.17. The van der Waals surface area contributed by atoms with E-state index < -0.39 is 10.0 Å². The minimum absolute atomic E-state index is 0.200. The maximum absolute atomic E-state index is 12.4. The number of carbonyl (C=O) groups is 1. The van der Waals surface area contributed by atoms with E-state index >= 15 is 0 Å². The van der Waals surface area contributed by atoms with E-state index in [9.17, 15) is 13.2 Å². The number of sulfonamides is 1. The number of rotatable bonds is 7. The van der Waals surface area contributed by atoms with Gasteiger partial charge in [-0.2, -0.15) is 0 Å². The Labute approximate surface area is 177 Å². The van der Waals surface area contributed by atoms with Crippen LogP contribution in [-0.2, 0) is 27.8 Å². The zero-order chi connectivity index (χ0) is 21.6. The zero-order valence-corrected chi connectivity index (χ0v) is 18.1. The number of anilines is 2. The molecule has 30 heavy (non-hydrogen) atoms. The highest BCUT2D eigenvalue weighted by atomic mass is 32.2. The molecule has 2 amide bonds. The number of amides is 2. The third-order valence-electron chi connectivity index (χ3n) is 4.75. The van der Waals surface area contributed by atoms with E-state index in [1.807, 2.05) is 18.2 Å². The molecule has 9 heteroatoms. The lowest BCUT2D eigenvalue weighted by Gasteiger charge is -2.29. The third-order valence-corrected chi connectivity index (χ3v) is 5.36. The predicted octanol–water partition coefficient (Wildman–Crippen LogP) is 2.24. The second-order valence-corrected chi connectivity index (χ2v) is 9.10. The average Bonchev–Trinajstić information content (AvgIpc) is 2.72. The van der Waals surface area contributed by atoms with Crippen molar-refractivity contribution in [2.24, 2.45) is 0 Å². The van der Waals surface area contributed by atoms with Gasteiger partial charge >= 0.3 is 6.03 Å². The summed E-state index contributed by atoms with van der Waals surface area (Å²) >= 11 is 0. The Hall–Kier alpha value is -2.78. The first-order chi connectivity index (χ1) is 14.3. The van der Waals surface area contributed by atoms with E-state index in [4.69, 9.17) is 4.74 Å². The second-order valence-electron chi connectivity index (χ2n) is 7.36. The fraction of sp³-hybridized carbons (Fsp3) is 0.381. The van der Waals surface area contributed by atoms with Crippen LogP contribution < -0.4 is 14.9 Å². The molecule has 0 atom stereocenters. The standard InChI is InChI=1S/C21H28N4O4S/c1-24(16-17-6-8-20(9-7-17)25-10-12-29-13-11-25)21(26)22-15-18-4-3-5-19(14-18)23-30(2,27)28/h3-9,14,23H,10-13,15-16H2,1-2H3,(H,22,26). The Bertz CT molecular complexity index is 957. The monoisotopic (exact) mass is 432 g/mol. The van der Waals surface area contributed by atoms with E-state index in [1.54, 1.807) is 30.1 Å². The largest absolute Gasteiger partial charge is 0.378 e. The number of hydrogen-bond acceptors (Lipinski definition) is 5. The van der Waals surface area contributed by atoms with Gasteiger partial charge in [0, 0.05) is 44.6 Å². The van der Waals surface area contributed by atoms with Gasteiger partial charge < -0.3 is 19.9 Å². The quantitative estimate of drug-likeness (QED) is 0.700. The topological polar surface area (TPSA) is 91.0 Å². The van der Waals surface area contributed by atoms with Crippen LogP contribution in [0.3, 0.4) is 0 Å². The molecular formula is C21H28N4O4S. The highest BCUT2D eigenvalue weighted by molar-refractivity contribution is 7.92. The van der Waals surface area contributed by atoms with Crippen LogP contribution in [0.25, 0.3) is 0 Å². The molecule has 2 N–H and O–H groups in total. The Morgan fingerprint density at radius 3 is 2.47 bits per heavy atom. The van der Waals surface area contributed by atoms with Crippen molar-refractivity contribution in [1.29, 1.82) is 0 Å². The van der Waals surface area contributed by atoms with Gasteiger partial charge in [0.25, 0.3) is 0 Å². The minimum Gasteiger partial charge on any atom is -0.378 e. The molecule has 1 heterocycles. The third kappa shape index (κ3) is 6.64. The van der Waals surface area contributed by atoms with Gasteiger partial charge in [-0.25, -0.2) is 13.2 Å². The molecule has 0 bridgehead atoms. The molecule has 0 radical (unpaired) electrons. The number of nitrogens with one attached hydrogen (secondary N) is 2. The first kappa shape index (κ1) is 21.9. The van der Waals surface area contributed by atoms with E-state index in [0.717, 1.165) is 49.4 Å². The summed E-state index contributed by atoms with van der Waals surface area (Å²) in [5.74, 6) is 0. The molecule has 0 unspecified atom stereocenters. The molecule has 1 saturated heterocycles. The van der Waals surface area contributed by atoms with Crippen LogP contribution in [0.1, 0.15) is 11.1 Å². The maximum Gasteiger partial charge on any atom is 0.317 e. The van der Waals surface area contributed by atoms with E-state index in [2.05, 4.69) is 27.1 Å². The van der Waals surface area contributed by atoms with Crippen LogP contribution in [-0.4, -0.2) is 59.0 Å². The fourth-order valence-electron chi connectivity index (χ4n) is 3.25. The Kier molecular flexibility index (Phi) is 7.17. The number of nitrogens with zero attached hydrogens (tertiary/aromatic N) is 2. The number of carbonyl (C=O) groups excluding carboxylic acids is 1. The van der Waals surface area contributed by atoms with Gasteiger partial charge in [0.15, 0.2) is 0 Å². The van der Waals surface area contributed by atoms with Crippen molar-refractivity contribution < 1.29 is 17.9 Å². The minimum atomic E-state index is -3.34. The molecular weight excluding hydrogens is 404 g/mol. The van der Waals surface area contributed by atoms with Crippen molar-refractivity contribution in [3.63, 3.8) is 0 Å². The summed E-state index contributed by atoms with van der Waals surface area (Å²) in [7, 11) is -1.60. The Balaban J connectivity index is 1.50. The molecule has 1 fully saturated rings. The second kappa shape index (κ2) is 9.82. The molecule has 3 rings (SSSR count). The number of ether oxygens (including phenoxy) is 1. The van der Waals surface area contributed by atoms with Gasteiger partial charge in [-0.15, -0.1) is 0 Å². The van der Waals surface area contributed by atoms with Gasteiger partial charge in [-0.05, 0) is 35.4 Å². The van der Waals surface area contributed by atoms with Crippen molar-refractivity contribution in [2.75, 3.05) is 49.2 Å². The predicted molar refractivity (Wildman–Crippen MR) is 118 cm³/mol. The number of morpholine rings is 1. The van der Waals surface area contributed by atoms with E-state index in [0.29, 0.717) is 18.8 Å². The number of benzene rings is 2. The fourth-order valence-corrected chi connectivity index (χ4v) is 3.81. The summed E-state index contributed by atoms with van der Waals surface area (Å²) in [6.45, 7) is 4.07. The first-order valence-corrected chi connectivity index (χ1v) is 11.7. The average molecular weight is 433 g/mol. The van der Waals surface area contributed by atoms with Crippen LogP contribution in [0.4, 0.5) is 16.2 Å². The van der Waals surface area contributed by atoms with Gasteiger partial charge in [0.1, 0.15) is 0 Å².